The van der Waals surface area contributed by atoms with Gasteiger partial charge in [0.2, 0.25) is 0 Å². The number of hydrogen-bond acceptors (Lipinski definition) is 4. The van der Waals surface area contributed by atoms with Crippen molar-refractivity contribution in [1.82, 2.24) is 0 Å². The fourth-order valence-corrected chi connectivity index (χ4v) is 2.56. The molecule has 0 unspecified atom stereocenters. The van der Waals surface area contributed by atoms with Crippen LogP contribution >= 0.6 is 23.2 Å². The number of nitrogens with one attached hydrogen (secondary N) is 1. The number of H-pyrrole nitrogens is 1. The molecule has 5 nitrogen and oxygen atoms in total. The SMILES string of the molecule is CCOc1[nH+]c(N)c(C#N)c(-c2ccc(Cl)cc2Cl)c1C#N. The number of ether oxygens (including phenoxy) is 1. The average molecular weight is 334 g/mol. The molecule has 0 radical (unpaired) electrons. The minimum atomic E-state index is 0.103. The van der Waals surface area contributed by atoms with Gasteiger partial charge in [0.15, 0.2) is 5.56 Å². The Labute approximate surface area is 137 Å². The van der Waals surface area contributed by atoms with Gasteiger partial charge >= 0.3 is 5.88 Å². The topological polar surface area (TPSA) is 97.0 Å². The van der Waals surface area contributed by atoms with Crippen LogP contribution in [0.5, 0.6) is 5.88 Å². The largest absolute Gasteiger partial charge is 0.462 e. The number of nitriles is 2. The number of rotatable bonds is 3. The third-order valence-corrected chi connectivity index (χ3v) is 3.51. The molecule has 2 aromatic rings. The van der Waals surface area contributed by atoms with Crippen LogP contribution in [-0.2, 0) is 0 Å². The van der Waals surface area contributed by atoms with Gasteiger partial charge in [-0.3, -0.25) is 5.73 Å². The highest BCUT2D eigenvalue weighted by Crippen LogP contribution is 2.37. The second-order valence-electron chi connectivity index (χ2n) is 4.27. The molecule has 0 amide bonds. The summed E-state index contributed by atoms with van der Waals surface area (Å²) in [6, 6.07) is 8.83. The summed E-state index contributed by atoms with van der Waals surface area (Å²) in [5.41, 5.74) is 6.97. The quantitative estimate of drug-likeness (QED) is 0.932. The van der Waals surface area contributed by atoms with E-state index in [-0.39, 0.29) is 22.8 Å². The second-order valence-corrected chi connectivity index (χ2v) is 5.12. The molecule has 2 rings (SSSR count). The van der Waals surface area contributed by atoms with Gasteiger partial charge in [-0.25, -0.2) is 4.98 Å². The van der Waals surface area contributed by atoms with E-state index < -0.39 is 0 Å². The van der Waals surface area contributed by atoms with Gasteiger partial charge in [0.25, 0.3) is 5.82 Å². The summed E-state index contributed by atoms with van der Waals surface area (Å²) >= 11 is 12.1. The predicted molar refractivity (Wildman–Crippen MR) is 83.5 cm³/mol. The van der Waals surface area contributed by atoms with Crippen molar-refractivity contribution < 1.29 is 9.72 Å². The van der Waals surface area contributed by atoms with Crippen molar-refractivity contribution in [2.45, 2.75) is 6.92 Å². The summed E-state index contributed by atoms with van der Waals surface area (Å²) in [5, 5.41) is 19.6. The maximum Gasteiger partial charge on any atom is 0.301 e. The van der Waals surface area contributed by atoms with Crippen LogP contribution in [0.25, 0.3) is 11.1 Å². The number of hydrogen-bond donors (Lipinski definition) is 1. The van der Waals surface area contributed by atoms with E-state index in [9.17, 15) is 10.5 Å². The third kappa shape index (κ3) is 2.78. The van der Waals surface area contributed by atoms with Crippen LogP contribution in [-0.4, -0.2) is 6.61 Å². The number of anilines is 1. The number of nitrogen functional groups attached to an aromatic ring is 1. The first kappa shape index (κ1) is 15.9. The number of benzene rings is 1. The van der Waals surface area contributed by atoms with Crippen molar-refractivity contribution in [3.63, 3.8) is 0 Å². The molecule has 1 heterocycles. The van der Waals surface area contributed by atoms with Crippen molar-refractivity contribution >= 4 is 29.0 Å². The zero-order valence-electron chi connectivity index (χ0n) is 11.6. The number of nitrogens with two attached hydrogens (primary N) is 1. The van der Waals surface area contributed by atoms with E-state index in [1.807, 2.05) is 12.1 Å². The van der Waals surface area contributed by atoms with Gasteiger partial charge in [-0.2, -0.15) is 10.5 Å². The second kappa shape index (κ2) is 6.53. The average Bonchev–Trinajstić information content (AvgIpc) is 2.47. The molecule has 22 heavy (non-hydrogen) atoms. The molecule has 0 saturated carbocycles. The van der Waals surface area contributed by atoms with E-state index in [2.05, 4.69) is 4.98 Å². The molecular formula is C15H11Cl2N4O+. The minimum absolute atomic E-state index is 0.103. The normalized spacial score (nSPS) is 9.86. The molecule has 7 heteroatoms. The molecule has 0 fully saturated rings. The molecule has 0 bridgehead atoms. The Bertz CT molecular complexity index is 822. The lowest BCUT2D eigenvalue weighted by Crippen LogP contribution is -2.19. The van der Waals surface area contributed by atoms with Crippen LogP contribution in [0.3, 0.4) is 0 Å². The summed E-state index contributed by atoms with van der Waals surface area (Å²) in [4.78, 5) is 2.73. The highest BCUT2D eigenvalue weighted by atomic mass is 35.5. The zero-order valence-corrected chi connectivity index (χ0v) is 13.1. The standard InChI is InChI=1S/C15H10Cl2N4O/c1-2-22-15-11(7-19)13(10(6-18)14(20)21-15)9-4-3-8(16)5-12(9)17/h3-5H,2H2,1H3,(H2,20,21)/p+1. The number of aromatic amines is 1. The highest BCUT2D eigenvalue weighted by molar-refractivity contribution is 6.36. The monoisotopic (exact) mass is 333 g/mol. The first-order valence-electron chi connectivity index (χ1n) is 6.30. The van der Waals surface area contributed by atoms with Crippen molar-refractivity contribution in [1.29, 1.82) is 10.5 Å². The first-order valence-corrected chi connectivity index (χ1v) is 7.06. The van der Waals surface area contributed by atoms with Crippen LogP contribution in [0.1, 0.15) is 18.1 Å². The Morgan fingerprint density at radius 2 is 1.91 bits per heavy atom. The highest BCUT2D eigenvalue weighted by Gasteiger charge is 2.25. The predicted octanol–water partition coefficient (Wildman–Crippen LogP) is 3.20. The lowest BCUT2D eigenvalue weighted by Gasteiger charge is -2.11. The van der Waals surface area contributed by atoms with E-state index in [4.69, 9.17) is 33.7 Å². The Morgan fingerprint density at radius 1 is 1.23 bits per heavy atom. The molecule has 0 aliphatic heterocycles. The third-order valence-electron chi connectivity index (χ3n) is 2.96. The van der Waals surface area contributed by atoms with Crippen LogP contribution in [0.2, 0.25) is 10.0 Å². The molecule has 0 spiro atoms. The van der Waals surface area contributed by atoms with Crippen LogP contribution in [0, 0.1) is 22.7 Å². The molecule has 0 aliphatic carbocycles. The van der Waals surface area contributed by atoms with Crippen LogP contribution in [0.15, 0.2) is 18.2 Å². The van der Waals surface area contributed by atoms with E-state index in [1.165, 1.54) is 6.07 Å². The van der Waals surface area contributed by atoms with E-state index >= 15 is 0 Å². The Hall–Kier alpha value is -2.47. The van der Waals surface area contributed by atoms with Gasteiger partial charge in [0.05, 0.1) is 6.61 Å². The lowest BCUT2D eigenvalue weighted by molar-refractivity contribution is -0.377. The van der Waals surface area contributed by atoms with Gasteiger partial charge < -0.3 is 4.74 Å². The number of pyridine rings is 1. The van der Waals surface area contributed by atoms with Crippen LogP contribution in [0.4, 0.5) is 5.82 Å². The smallest absolute Gasteiger partial charge is 0.301 e. The van der Waals surface area contributed by atoms with Crippen molar-refractivity contribution in [3.05, 3.63) is 39.4 Å². The van der Waals surface area contributed by atoms with Crippen LogP contribution < -0.4 is 15.5 Å². The maximum absolute atomic E-state index is 9.47. The molecular weight excluding hydrogens is 323 g/mol. The molecule has 3 N–H and O–H groups in total. The summed E-state index contributed by atoms with van der Waals surface area (Å²) in [7, 11) is 0. The van der Waals surface area contributed by atoms with E-state index in [1.54, 1.807) is 19.1 Å². The molecule has 0 aliphatic rings. The van der Waals surface area contributed by atoms with Crippen molar-refractivity contribution in [3.8, 4) is 29.1 Å². The zero-order chi connectivity index (χ0) is 16.3. The minimum Gasteiger partial charge on any atom is -0.462 e. The lowest BCUT2D eigenvalue weighted by atomic mass is 9.96. The van der Waals surface area contributed by atoms with Gasteiger partial charge in [0, 0.05) is 21.2 Å². The van der Waals surface area contributed by atoms with Gasteiger partial charge in [-0.05, 0) is 19.1 Å². The Kier molecular flexibility index (Phi) is 4.72. The van der Waals surface area contributed by atoms with Gasteiger partial charge in [-0.15, -0.1) is 0 Å². The summed E-state index contributed by atoms with van der Waals surface area (Å²) < 4.78 is 5.40. The fourth-order valence-electron chi connectivity index (χ4n) is 2.06. The summed E-state index contributed by atoms with van der Waals surface area (Å²) in [5.74, 6) is 0.300. The fraction of sp³-hybridized carbons (Fsp3) is 0.133. The molecule has 1 aromatic heterocycles. The van der Waals surface area contributed by atoms with E-state index in [0.717, 1.165) is 0 Å². The molecule has 0 atom stereocenters. The van der Waals surface area contributed by atoms with Crippen molar-refractivity contribution in [2.75, 3.05) is 12.3 Å². The van der Waals surface area contributed by atoms with Crippen molar-refractivity contribution in [2.24, 2.45) is 0 Å². The number of aromatic nitrogens is 1. The first-order chi connectivity index (χ1) is 10.5. The Morgan fingerprint density at radius 3 is 2.45 bits per heavy atom. The summed E-state index contributed by atoms with van der Waals surface area (Å²) in [6.07, 6.45) is 0. The number of nitrogens with zero attached hydrogens (tertiary/aromatic N) is 2. The summed E-state index contributed by atoms with van der Waals surface area (Å²) in [6.45, 7) is 2.11. The molecule has 1 aromatic carbocycles. The van der Waals surface area contributed by atoms with E-state index in [0.29, 0.717) is 27.8 Å². The molecule has 0 saturated heterocycles. The maximum atomic E-state index is 9.47. The molecule has 110 valence electrons. The van der Waals surface area contributed by atoms with Gasteiger partial charge in [0.1, 0.15) is 17.7 Å². The number of halogens is 2. The van der Waals surface area contributed by atoms with Gasteiger partial charge in [-0.1, -0.05) is 29.3 Å². The Balaban J connectivity index is 2.89.